The molecule has 5 nitrogen and oxygen atoms in total. The number of amides is 1. The van der Waals surface area contributed by atoms with E-state index < -0.39 is 15.9 Å². The smallest absolute Gasteiger partial charge is 0.241 e. The van der Waals surface area contributed by atoms with Gasteiger partial charge in [-0.15, -0.1) is 0 Å². The van der Waals surface area contributed by atoms with Crippen molar-refractivity contribution in [1.82, 2.24) is 0 Å². The monoisotopic (exact) mass is 306 g/mol. The zero-order chi connectivity index (χ0) is 15.5. The Morgan fingerprint density at radius 3 is 2.52 bits per heavy atom. The van der Waals surface area contributed by atoms with E-state index in [-0.39, 0.29) is 18.1 Å². The Hall–Kier alpha value is -1.92. The van der Waals surface area contributed by atoms with Crippen molar-refractivity contribution < 1.29 is 13.2 Å². The summed E-state index contributed by atoms with van der Waals surface area (Å²) in [5, 5.41) is 4.81. The number of hydrogen-bond donors (Lipinski definition) is 2. The Morgan fingerprint density at radius 2 is 1.86 bits per heavy atom. The molecular weight excluding hydrogens is 288 g/mol. The molecule has 1 atom stereocenters. The number of nitrogens with two attached hydrogens (primary N) is 1. The van der Waals surface area contributed by atoms with Gasteiger partial charge in [-0.05, 0) is 29.3 Å². The Kier molecular flexibility index (Phi) is 4.59. The minimum absolute atomic E-state index is 0.0979. The van der Waals surface area contributed by atoms with Crippen LogP contribution in [0.4, 0.5) is 5.69 Å². The quantitative estimate of drug-likeness (QED) is 0.877. The molecule has 2 rings (SSSR count). The zero-order valence-electron chi connectivity index (χ0n) is 11.7. The maximum atomic E-state index is 11.9. The highest BCUT2D eigenvalue weighted by atomic mass is 32.2. The van der Waals surface area contributed by atoms with Gasteiger partial charge in [0.2, 0.25) is 5.91 Å². The summed E-state index contributed by atoms with van der Waals surface area (Å²) in [5.41, 5.74) is 6.36. The molecule has 0 heterocycles. The van der Waals surface area contributed by atoms with Gasteiger partial charge in [0, 0.05) is 11.9 Å². The molecule has 2 aromatic rings. The standard InChI is InChI=1S/C15H18N2O3S/c1-21(19,20)9-8-14(16)15(18)17-13-7-6-11-4-2-3-5-12(11)10-13/h2-7,10,14H,8-9,16H2,1H3,(H,17,18). The van der Waals surface area contributed by atoms with Crippen LogP contribution in [0.2, 0.25) is 0 Å². The van der Waals surface area contributed by atoms with Gasteiger partial charge in [-0.2, -0.15) is 0 Å². The van der Waals surface area contributed by atoms with Crippen molar-refractivity contribution in [3.63, 3.8) is 0 Å². The predicted octanol–water partition coefficient (Wildman–Crippen LogP) is 1.54. The second kappa shape index (κ2) is 6.24. The van der Waals surface area contributed by atoms with Crippen LogP contribution in [0.5, 0.6) is 0 Å². The van der Waals surface area contributed by atoms with Crippen LogP contribution in [0.1, 0.15) is 6.42 Å². The number of rotatable bonds is 5. The van der Waals surface area contributed by atoms with Crippen molar-refractivity contribution in [3.05, 3.63) is 42.5 Å². The first-order valence-corrected chi connectivity index (χ1v) is 8.64. The van der Waals surface area contributed by atoms with Crippen molar-refractivity contribution in [3.8, 4) is 0 Å². The fourth-order valence-electron chi connectivity index (χ4n) is 1.97. The molecule has 3 N–H and O–H groups in total. The summed E-state index contributed by atoms with van der Waals surface area (Å²) >= 11 is 0. The van der Waals surface area contributed by atoms with Gasteiger partial charge < -0.3 is 11.1 Å². The molecule has 1 amide bonds. The highest BCUT2D eigenvalue weighted by molar-refractivity contribution is 7.90. The lowest BCUT2D eigenvalue weighted by atomic mass is 10.1. The van der Waals surface area contributed by atoms with Gasteiger partial charge in [-0.1, -0.05) is 30.3 Å². The third-order valence-electron chi connectivity index (χ3n) is 3.15. The van der Waals surface area contributed by atoms with Crippen LogP contribution in [-0.2, 0) is 14.6 Å². The topological polar surface area (TPSA) is 89.3 Å². The molecule has 6 heteroatoms. The first-order valence-electron chi connectivity index (χ1n) is 6.58. The molecule has 0 saturated carbocycles. The van der Waals surface area contributed by atoms with E-state index in [4.69, 9.17) is 5.73 Å². The SMILES string of the molecule is CS(=O)(=O)CCC(N)C(=O)Nc1ccc2ccccc2c1. The predicted molar refractivity (Wildman–Crippen MR) is 84.9 cm³/mol. The van der Waals surface area contributed by atoms with E-state index in [1.807, 2.05) is 36.4 Å². The molecule has 112 valence electrons. The number of fused-ring (bicyclic) bond motifs is 1. The van der Waals surface area contributed by atoms with Crippen molar-refractivity contribution in [2.45, 2.75) is 12.5 Å². The van der Waals surface area contributed by atoms with E-state index >= 15 is 0 Å². The van der Waals surface area contributed by atoms with E-state index in [1.165, 1.54) is 0 Å². The normalized spacial score (nSPS) is 13.0. The number of nitrogens with one attached hydrogen (secondary N) is 1. The maximum Gasteiger partial charge on any atom is 0.241 e. The van der Waals surface area contributed by atoms with Crippen LogP contribution in [0.25, 0.3) is 10.8 Å². The fourth-order valence-corrected chi connectivity index (χ4v) is 2.66. The Balaban J connectivity index is 2.03. The molecule has 0 spiro atoms. The minimum Gasteiger partial charge on any atom is -0.325 e. The number of carbonyl (C=O) groups is 1. The van der Waals surface area contributed by atoms with E-state index in [1.54, 1.807) is 6.07 Å². The van der Waals surface area contributed by atoms with Gasteiger partial charge in [-0.3, -0.25) is 4.79 Å². The summed E-state index contributed by atoms with van der Waals surface area (Å²) in [6.07, 6.45) is 1.24. The van der Waals surface area contributed by atoms with Gasteiger partial charge in [0.1, 0.15) is 9.84 Å². The van der Waals surface area contributed by atoms with Crippen LogP contribution >= 0.6 is 0 Å². The molecule has 0 fully saturated rings. The second-order valence-corrected chi connectivity index (χ2v) is 7.34. The summed E-state index contributed by atoms with van der Waals surface area (Å²) in [5.74, 6) is -0.479. The number of carbonyl (C=O) groups excluding carboxylic acids is 1. The van der Waals surface area contributed by atoms with Crippen molar-refractivity contribution in [2.75, 3.05) is 17.3 Å². The molecule has 0 saturated heterocycles. The summed E-state index contributed by atoms with van der Waals surface area (Å²) in [7, 11) is -3.11. The lowest BCUT2D eigenvalue weighted by molar-refractivity contribution is -0.117. The molecular formula is C15H18N2O3S. The molecule has 0 bridgehead atoms. The average Bonchev–Trinajstić information content (AvgIpc) is 2.43. The fraction of sp³-hybridized carbons (Fsp3) is 0.267. The van der Waals surface area contributed by atoms with Gasteiger partial charge in [0.05, 0.1) is 11.8 Å². The summed E-state index contributed by atoms with van der Waals surface area (Å²) in [4.78, 5) is 11.9. The molecule has 0 aliphatic carbocycles. The average molecular weight is 306 g/mol. The van der Waals surface area contributed by atoms with Gasteiger partial charge in [-0.25, -0.2) is 8.42 Å². The molecule has 0 radical (unpaired) electrons. The van der Waals surface area contributed by atoms with Crippen molar-refractivity contribution >= 4 is 32.2 Å². The highest BCUT2D eigenvalue weighted by Crippen LogP contribution is 2.18. The van der Waals surface area contributed by atoms with Crippen molar-refractivity contribution in [1.29, 1.82) is 0 Å². The van der Waals surface area contributed by atoms with E-state index in [0.717, 1.165) is 17.0 Å². The molecule has 2 aromatic carbocycles. The van der Waals surface area contributed by atoms with Gasteiger partial charge >= 0.3 is 0 Å². The van der Waals surface area contributed by atoms with Crippen LogP contribution in [0, 0.1) is 0 Å². The zero-order valence-corrected chi connectivity index (χ0v) is 12.6. The van der Waals surface area contributed by atoms with Crippen molar-refractivity contribution in [2.24, 2.45) is 5.73 Å². The summed E-state index contributed by atoms with van der Waals surface area (Å²) in [6.45, 7) is 0. The summed E-state index contributed by atoms with van der Waals surface area (Å²) in [6, 6.07) is 12.5. The highest BCUT2D eigenvalue weighted by Gasteiger charge is 2.16. The van der Waals surface area contributed by atoms with Gasteiger partial charge in [0.25, 0.3) is 0 Å². The third-order valence-corrected chi connectivity index (χ3v) is 4.13. The van der Waals surface area contributed by atoms with Gasteiger partial charge in [0.15, 0.2) is 0 Å². The third kappa shape index (κ3) is 4.54. The largest absolute Gasteiger partial charge is 0.325 e. The minimum atomic E-state index is -3.11. The molecule has 21 heavy (non-hydrogen) atoms. The Morgan fingerprint density at radius 1 is 1.19 bits per heavy atom. The number of hydrogen-bond acceptors (Lipinski definition) is 4. The number of benzene rings is 2. The molecule has 0 aliphatic heterocycles. The van der Waals surface area contributed by atoms with E-state index in [0.29, 0.717) is 5.69 Å². The van der Waals surface area contributed by atoms with Crippen LogP contribution in [0.15, 0.2) is 42.5 Å². The number of sulfone groups is 1. The van der Waals surface area contributed by atoms with Crippen LogP contribution < -0.4 is 11.1 Å². The molecule has 1 unspecified atom stereocenters. The Labute approximate surface area is 124 Å². The lowest BCUT2D eigenvalue weighted by Crippen LogP contribution is -2.37. The number of anilines is 1. The van der Waals surface area contributed by atoms with E-state index in [2.05, 4.69) is 5.32 Å². The van der Waals surface area contributed by atoms with Crippen LogP contribution in [0.3, 0.4) is 0 Å². The summed E-state index contributed by atoms with van der Waals surface area (Å²) < 4.78 is 22.2. The first kappa shape index (κ1) is 15.5. The lowest BCUT2D eigenvalue weighted by Gasteiger charge is -2.12. The van der Waals surface area contributed by atoms with Crippen LogP contribution in [-0.4, -0.2) is 32.4 Å². The molecule has 0 aromatic heterocycles. The molecule has 0 aliphatic rings. The maximum absolute atomic E-state index is 11.9. The van der Waals surface area contributed by atoms with E-state index in [9.17, 15) is 13.2 Å². The second-order valence-electron chi connectivity index (χ2n) is 5.08. The Bertz CT molecular complexity index is 756. The first-order chi connectivity index (χ1) is 9.85.